The van der Waals surface area contributed by atoms with E-state index >= 15 is 0 Å². The molecule has 0 aromatic carbocycles. The molecule has 0 bridgehead atoms. The number of rotatable bonds is 6. The molecule has 0 fully saturated rings. The van der Waals surface area contributed by atoms with Crippen LogP contribution in [0.2, 0.25) is 0 Å². The van der Waals surface area contributed by atoms with E-state index in [1.165, 1.54) is 0 Å². The number of nitrogens with zero attached hydrogens (tertiary/aromatic N) is 5. The summed E-state index contributed by atoms with van der Waals surface area (Å²) in [6, 6.07) is 0. The molecule has 0 aliphatic rings. The number of aromatic nitrogens is 3. The monoisotopic (exact) mass is 322 g/mol. The summed E-state index contributed by atoms with van der Waals surface area (Å²) in [5, 5.41) is 10.2. The fourth-order valence-corrected chi connectivity index (χ4v) is 2.57. The summed E-state index contributed by atoms with van der Waals surface area (Å²) in [5.41, 5.74) is 1.06. The third-order valence-electron chi connectivity index (χ3n) is 2.92. The number of thiazole rings is 1. The zero-order valence-electron chi connectivity index (χ0n) is 13.5. The van der Waals surface area contributed by atoms with Crippen LogP contribution in [0.5, 0.6) is 0 Å². The predicted molar refractivity (Wildman–Crippen MR) is 87.0 cm³/mol. The predicted octanol–water partition coefficient (Wildman–Crippen LogP) is 1.78. The second kappa shape index (κ2) is 7.88. The van der Waals surface area contributed by atoms with Gasteiger partial charge in [-0.15, -0.1) is 11.3 Å². The van der Waals surface area contributed by atoms with Gasteiger partial charge >= 0.3 is 0 Å². The SMILES string of the molecule is CCNC(=NCCc1nc(C)no1)N(C)Cc1csc(C)n1. The van der Waals surface area contributed by atoms with Gasteiger partial charge in [-0.25, -0.2) is 4.98 Å². The van der Waals surface area contributed by atoms with Gasteiger partial charge in [0.1, 0.15) is 0 Å². The van der Waals surface area contributed by atoms with Crippen molar-refractivity contribution >= 4 is 17.3 Å². The molecule has 0 saturated carbocycles. The van der Waals surface area contributed by atoms with Crippen molar-refractivity contribution < 1.29 is 4.52 Å². The lowest BCUT2D eigenvalue weighted by Gasteiger charge is -2.21. The minimum absolute atomic E-state index is 0.602. The van der Waals surface area contributed by atoms with E-state index in [9.17, 15) is 0 Å². The van der Waals surface area contributed by atoms with Gasteiger partial charge in [0.25, 0.3) is 0 Å². The van der Waals surface area contributed by atoms with E-state index in [4.69, 9.17) is 4.52 Å². The molecule has 0 saturated heterocycles. The van der Waals surface area contributed by atoms with Crippen molar-refractivity contribution in [1.29, 1.82) is 0 Å². The molecule has 0 aliphatic carbocycles. The van der Waals surface area contributed by atoms with E-state index in [0.29, 0.717) is 24.7 Å². The van der Waals surface area contributed by atoms with Crippen molar-refractivity contribution in [3.63, 3.8) is 0 Å². The van der Waals surface area contributed by atoms with Gasteiger partial charge in [-0.2, -0.15) is 4.98 Å². The maximum absolute atomic E-state index is 5.09. The standard InChI is InChI=1S/C14H22N6OS/c1-5-15-14(16-7-6-13-17-10(2)19-21-13)20(4)8-12-9-22-11(3)18-12/h9H,5-8H2,1-4H3,(H,15,16). The van der Waals surface area contributed by atoms with Crippen LogP contribution >= 0.6 is 11.3 Å². The van der Waals surface area contributed by atoms with Crippen LogP contribution in [0, 0.1) is 13.8 Å². The first-order valence-electron chi connectivity index (χ1n) is 7.28. The highest BCUT2D eigenvalue weighted by molar-refractivity contribution is 7.09. The lowest BCUT2D eigenvalue weighted by Crippen LogP contribution is -2.38. The summed E-state index contributed by atoms with van der Waals surface area (Å²) < 4.78 is 5.09. The molecule has 0 atom stereocenters. The molecule has 2 rings (SSSR count). The average molecular weight is 322 g/mol. The lowest BCUT2D eigenvalue weighted by molar-refractivity contribution is 0.375. The van der Waals surface area contributed by atoms with Gasteiger partial charge in [0, 0.05) is 25.4 Å². The van der Waals surface area contributed by atoms with E-state index in [-0.39, 0.29) is 0 Å². The molecule has 2 aromatic heterocycles. The van der Waals surface area contributed by atoms with Gasteiger partial charge in [0.15, 0.2) is 11.8 Å². The van der Waals surface area contributed by atoms with Crippen LogP contribution in [-0.4, -0.2) is 46.1 Å². The van der Waals surface area contributed by atoms with Crippen LogP contribution in [0.15, 0.2) is 14.9 Å². The van der Waals surface area contributed by atoms with E-state index in [2.05, 4.69) is 42.6 Å². The van der Waals surface area contributed by atoms with Crippen molar-refractivity contribution in [1.82, 2.24) is 25.3 Å². The summed E-state index contributed by atoms with van der Waals surface area (Å²) >= 11 is 1.66. The topological polar surface area (TPSA) is 79.4 Å². The summed E-state index contributed by atoms with van der Waals surface area (Å²) in [6.45, 7) is 8.03. The molecular formula is C14H22N6OS. The Balaban J connectivity index is 1.93. The quantitative estimate of drug-likeness (QED) is 0.645. The van der Waals surface area contributed by atoms with Crippen molar-refractivity contribution in [2.24, 2.45) is 4.99 Å². The van der Waals surface area contributed by atoms with Crippen LogP contribution < -0.4 is 5.32 Å². The third-order valence-corrected chi connectivity index (χ3v) is 3.74. The van der Waals surface area contributed by atoms with Crippen molar-refractivity contribution in [2.45, 2.75) is 33.7 Å². The van der Waals surface area contributed by atoms with Gasteiger partial charge in [0.05, 0.1) is 23.8 Å². The summed E-state index contributed by atoms with van der Waals surface area (Å²) in [7, 11) is 2.01. The summed E-state index contributed by atoms with van der Waals surface area (Å²) in [6.07, 6.45) is 0.638. The Morgan fingerprint density at radius 1 is 1.41 bits per heavy atom. The highest BCUT2D eigenvalue weighted by atomic mass is 32.1. The maximum atomic E-state index is 5.09. The second-order valence-corrected chi connectivity index (χ2v) is 6.00. The van der Waals surface area contributed by atoms with Crippen LogP contribution in [-0.2, 0) is 13.0 Å². The van der Waals surface area contributed by atoms with Crippen LogP contribution in [0.1, 0.15) is 29.3 Å². The Bertz CT molecular complexity index is 620. The highest BCUT2D eigenvalue weighted by Gasteiger charge is 2.09. The van der Waals surface area contributed by atoms with E-state index in [0.717, 1.165) is 29.8 Å². The summed E-state index contributed by atoms with van der Waals surface area (Å²) in [4.78, 5) is 15.3. The molecule has 0 spiro atoms. The fourth-order valence-electron chi connectivity index (χ4n) is 1.97. The van der Waals surface area contributed by atoms with Gasteiger partial charge in [0.2, 0.25) is 5.89 Å². The van der Waals surface area contributed by atoms with Gasteiger partial charge < -0.3 is 14.7 Å². The molecule has 0 unspecified atom stereocenters. The Hall–Kier alpha value is -1.96. The van der Waals surface area contributed by atoms with Gasteiger partial charge in [-0.05, 0) is 20.8 Å². The first kappa shape index (κ1) is 16.4. The van der Waals surface area contributed by atoms with E-state index < -0.39 is 0 Å². The Morgan fingerprint density at radius 3 is 2.82 bits per heavy atom. The average Bonchev–Trinajstić information content (AvgIpc) is 3.06. The third kappa shape index (κ3) is 4.80. The van der Waals surface area contributed by atoms with Gasteiger partial charge in [-0.3, -0.25) is 4.99 Å². The molecule has 0 aliphatic heterocycles. The number of hydrogen-bond acceptors (Lipinski definition) is 6. The number of hydrogen-bond donors (Lipinski definition) is 1. The Labute approximate surface area is 134 Å². The van der Waals surface area contributed by atoms with E-state index in [1.54, 1.807) is 11.3 Å². The molecule has 8 heteroatoms. The Kier molecular flexibility index (Phi) is 5.88. The fraction of sp³-hybridized carbons (Fsp3) is 0.571. The first-order valence-corrected chi connectivity index (χ1v) is 8.16. The molecule has 22 heavy (non-hydrogen) atoms. The zero-order valence-corrected chi connectivity index (χ0v) is 14.3. The molecule has 2 heterocycles. The van der Waals surface area contributed by atoms with Crippen molar-refractivity contribution in [3.05, 3.63) is 27.8 Å². The van der Waals surface area contributed by atoms with Crippen molar-refractivity contribution in [2.75, 3.05) is 20.1 Å². The second-order valence-electron chi connectivity index (χ2n) is 4.93. The zero-order chi connectivity index (χ0) is 15.9. The number of guanidine groups is 1. The number of aryl methyl sites for hydroxylation is 2. The summed E-state index contributed by atoms with van der Waals surface area (Å²) in [5.74, 6) is 2.13. The molecule has 120 valence electrons. The largest absolute Gasteiger partial charge is 0.357 e. The van der Waals surface area contributed by atoms with Crippen LogP contribution in [0.3, 0.4) is 0 Å². The van der Waals surface area contributed by atoms with Crippen molar-refractivity contribution in [3.8, 4) is 0 Å². The number of nitrogens with one attached hydrogen (secondary N) is 1. The van der Waals surface area contributed by atoms with Crippen LogP contribution in [0.25, 0.3) is 0 Å². The molecule has 7 nitrogen and oxygen atoms in total. The molecule has 0 radical (unpaired) electrons. The normalized spacial score (nSPS) is 11.7. The highest BCUT2D eigenvalue weighted by Crippen LogP contribution is 2.09. The molecular weight excluding hydrogens is 300 g/mol. The molecule has 0 amide bonds. The van der Waals surface area contributed by atoms with Gasteiger partial charge in [-0.1, -0.05) is 5.16 Å². The minimum atomic E-state index is 0.602. The first-order chi connectivity index (χ1) is 10.6. The van der Waals surface area contributed by atoms with E-state index in [1.807, 2.05) is 20.9 Å². The van der Waals surface area contributed by atoms with Crippen LogP contribution in [0.4, 0.5) is 0 Å². The minimum Gasteiger partial charge on any atom is -0.357 e. The Morgan fingerprint density at radius 2 is 2.23 bits per heavy atom. The maximum Gasteiger partial charge on any atom is 0.228 e. The lowest BCUT2D eigenvalue weighted by atomic mass is 10.4. The smallest absolute Gasteiger partial charge is 0.228 e. The molecule has 1 N–H and O–H groups in total. The number of aliphatic imine (C=N–C) groups is 1. The molecule has 2 aromatic rings.